The number of carbonyl (C=O) groups is 2. The van der Waals surface area contributed by atoms with E-state index < -0.39 is 24.2 Å². The van der Waals surface area contributed by atoms with Crippen LogP contribution >= 0.6 is 0 Å². The molecule has 1 aromatic rings. The molecule has 0 saturated carbocycles. The maximum atomic E-state index is 13.0. The van der Waals surface area contributed by atoms with Crippen molar-refractivity contribution in [3.05, 3.63) is 41.5 Å². The van der Waals surface area contributed by atoms with Crippen LogP contribution in [-0.2, 0) is 19.1 Å². The van der Waals surface area contributed by atoms with E-state index >= 15 is 0 Å². The molecule has 0 unspecified atom stereocenters. The molecular weight excluding hydrogens is 428 g/mol. The predicted molar refractivity (Wildman–Crippen MR) is 121 cm³/mol. The van der Waals surface area contributed by atoms with Gasteiger partial charge in [-0.2, -0.15) is 0 Å². The smallest absolute Gasteiger partial charge is 0.249 e. The van der Waals surface area contributed by atoms with Crippen LogP contribution in [-0.4, -0.2) is 91.3 Å². The van der Waals surface area contributed by atoms with Gasteiger partial charge < -0.3 is 34.6 Å². The zero-order valence-electron chi connectivity index (χ0n) is 19.2. The van der Waals surface area contributed by atoms with Crippen molar-refractivity contribution in [2.24, 2.45) is 0 Å². The van der Waals surface area contributed by atoms with Crippen LogP contribution < -0.4 is 10.1 Å². The van der Waals surface area contributed by atoms with E-state index in [1.807, 2.05) is 25.1 Å². The number of nitrogens with zero attached hydrogens (tertiary/aromatic N) is 1. The molecule has 2 aliphatic rings. The topological polar surface area (TPSA) is 118 Å². The average molecular weight is 463 g/mol. The highest BCUT2D eigenvalue weighted by Crippen LogP contribution is 2.47. The average Bonchev–Trinajstić information content (AvgIpc) is 3.22. The minimum absolute atomic E-state index is 0.102. The van der Waals surface area contributed by atoms with Gasteiger partial charge in [-0.25, -0.2) is 0 Å². The van der Waals surface area contributed by atoms with Crippen molar-refractivity contribution in [2.45, 2.75) is 44.4 Å². The lowest BCUT2D eigenvalue weighted by Crippen LogP contribution is -2.56. The van der Waals surface area contributed by atoms with Crippen LogP contribution in [0, 0.1) is 0 Å². The van der Waals surface area contributed by atoms with E-state index in [0.29, 0.717) is 44.1 Å². The first-order valence-corrected chi connectivity index (χ1v) is 11.5. The monoisotopic (exact) mass is 462 g/mol. The fraction of sp³-hybridized carbons (Fsp3) is 0.583. The van der Waals surface area contributed by atoms with E-state index in [1.165, 1.54) is 0 Å². The Labute approximate surface area is 194 Å². The SMILES string of the molecule is CCOCCCN(C(=O)COCC)[C@@H]1C=C(C(=O)NCCO)[C@@H]2c3ccccc3O[C@@H]2[C@H]1O. The van der Waals surface area contributed by atoms with Crippen molar-refractivity contribution in [2.75, 3.05) is 46.1 Å². The van der Waals surface area contributed by atoms with Crippen LogP contribution in [0.5, 0.6) is 5.75 Å². The number of amides is 2. The van der Waals surface area contributed by atoms with Crippen molar-refractivity contribution < 1.29 is 34.0 Å². The Morgan fingerprint density at radius 2 is 1.94 bits per heavy atom. The zero-order valence-corrected chi connectivity index (χ0v) is 19.2. The summed E-state index contributed by atoms with van der Waals surface area (Å²) >= 11 is 0. The van der Waals surface area contributed by atoms with Crippen molar-refractivity contribution in [3.63, 3.8) is 0 Å². The van der Waals surface area contributed by atoms with Crippen LogP contribution in [0.4, 0.5) is 0 Å². The Morgan fingerprint density at radius 3 is 2.67 bits per heavy atom. The second-order valence-electron chi connectivity index (χ2n) is 7.96. The third-order valence-electron chi connectivity index (χ3n) is 5.88. The van der Waals surface area contributed by atoms with Crippen molar-refractivity contribution in [3.8, 4) is 5.75 Å². The molecule has 3 N–H and O–H groups in total. The molecule has 9 heteroatoms. The lowest BCUT2D eigenvalue weighted by molar-refractivity contribution is -0.142. The largest absolute Gasteiger partial charge is 0.486 e. The fourth-order valence-corrected chi connectivity index (χ4v) is 4.38. The van der Waals surface area contributed by atoms with E-state index in [0.717, 1.165) is 5.56 Å². The number of fused-ring (bicyclic) bond motifs is 3. The van der Waals surface area contributed by atoms with Gasteiger partial charge in [-0.3, -0.25) is 9.59 Å². The predicted octanol–water partition coefficient (Wildman–Crippen LogP) is 0.601. The number of carbonyl (C=O) groups excluding carboxylic acids is 2. The van der Waals surface area contributed by atoms with E-state index in [1.54, 1.807) is 24.0 Å². The second-order valence-corrected chi connectivity index (χ2v) is 7.96. The van der Waals surface area contributed by atoms with Gasteiger partial charge in [0, 0.05) is 44.0 Å². The Morgan fingerprint density at radius 1 is 1.18 bits per heavy atom. The van der Waals surface area contributed by atoms with Crippen LogP contribution in [0.15, 0.2) is 35.9 Å². The summed E-state index contributed by atoms with van der Waals surface area (Å²) in [5, 5.41) is 23.2. The number of aliphatic hydroxyl groups is 2. The van der Waals surface area contributed by atoms with Gasteiger partial charge in [0.2, 0.25) is 11.8 Å². The molecule has 0 aromatic heterocycles. The van der Waals surface area contributed by atoms with Gasteiger partial charge in [0.15, 0.2) is 0 Å². The van der Waals surface area contributed by atoms with Crippen molar-refractivity contribution >= 4 is 11.8 Å². The highest BCUT2D eigenvalue weighted by atomic mass is 16.5. The summed E-state index contributed by atoms with van der Waals surface area (Å²) in [4.78, 5) is 27.6. The molecular formula is C24H34N2O7. The first-order chi connectivity index (χ1) is 16.0. The summed E-state index contributed by atoms with van der Waals surface area (Å²) in [6.07, 6.45) is 0.467. The number of hydrogen-bond acceptors (Lipinski definition) is 7. The van der Waals surface area contributed by atoms with Gasteiger partial charge in [0.1, 0.15) is 24.6 Å². The molecule has 1 aromatic carbocycles. The number of ether oxygens (including phenoxy) is 3. The van der Waals surface area contributed by atoms with Crippen molar-refractivity contribution in [1.29, 1.82) is 0 Å². The molecule has 0 spiro atoms. The fourth-order valence-electron chi connectivity index (χ4n) is 4.38. The van der Waals surface area contributed by atoms with Gasteiger partial charge >= 0.3 is 0 Å². The molecule has 33 heavy (non-hydrogen) atoms. The summed E-state index contributed by atoms with van der Waals surface area (Å²) in [7, 11) is 0. The summed E-state index contributed by atoms with van der Waals surface area (Å²) in [6.45, 7) is 5.26. The van der Waals surface area contributed by atoms with E-state index in [9.17, 15) is 14.7 Å². The van der Waals surface area contributed by atoms with Gasteiger partial charge in [0.25, 0.3) is 0 Å². The molecule has 3 rings (SSSR count). The molecule has 182 valence electrons. The lowest BCUT2D eigenvalue weighted by atomic mass is 9.77. The quantitative estimate of drug-likeness (QED) is 0.390. The number of benzene rings is 1. The molecule has 2 amide bonds. The molecule has 1 aliphatic carbocycles. The highest BCUT2D eigenvalue weighted by Gasteiger charge is 2.50. The number of hydrogen-bond donors (Lipinski definition) is 3. The number of aliphatic hydroxyl groups excluding tert-OH is 2. The summed E-state index contributed by atoms with van der Waals surface area (Å²) in [5.41, 5.74) is 1.22. The molecule has 0 radical (unpaired) electrons. The number of para-hydroxylation sites is 1. The molecule has 1 aliphatic heterocycles. The number of nitrogens with one attached hydrogen (secondary N) is 1. The van der Waals surface area contributed by atoms with Crippen LogP contribution in [0.3, 0.4) is 0 Å². The minimum atomic E-state index is -1.05. The minimum Gasteiger partial charge on any atom is -0.486 e. The van der Waals surface area contributed by atoms with E-state index in [4.69, 9.17) is 19.3 Å². The molecule has 0 fully saturated rings. The summed E-state index contributed by atoms with van der Waals surface area (Å²) in [6, 6.07) is 6.60. The molecule has 0 saturated heterocycles. The van der Waals surface area contributed by atoms with Gasteiger partial charge in [-0.05, 0) is 32.4 Å². The lowest BCUT2D eigenvalue weighted by Gasteiger charge is -2.40. The highest BCUT2D eigenvalue weighted by molar-refractivity contribution is 5.96. The first kappa shape index (κ1) is 25.2. The molecule has 9 nitrogen and oxygen atoms in total. The Balaban J connectivity index is 1.95. The molecule has 1 heterocycles. The summed E-state index contributed by atoms with van der Waals surface area (Å²) in [5.74, 6) is -0.504. The standard InChI is InChI=1S/C24H34N2O7/c1-3-31-13-7-11-26(20(28)15-32-4-2)18-14-17(24(30)25-10-12-27)21-16-8-5-6-9-19(16)33-23(21)22(18)29/h5-6,8-9,14,18,21-23,27,29H,3-4,7,10-13,15H2,1-2H3,(H,25,30)/t18-,21+,22+,23+/m1/s1. The van der Waals surface area contributed by atoms with Crippen LogP contribution in [0.2, 0.25) is 0 Å². The Bertz CT molecular complexity index is 844. The van der Waals surface area contributed by atoms with E-state index in [-0.39, 0.29) is 31.6 Å². The molecule has 4 atom stereocenters. The maximum absolute atomic E-state index is 13.0. The van der Waals surface area contributed by atoms with Gasteiger partial charge in [0.05, 0.1) is 18.6 Å². The van der Waals surface area contributed by atoms with Crippen LogP contribution in [0.1, 0.15) is 31.7 Å². The third kappa shape index (κ3) is 5.73. The van der Waals surface area contributed by atoms with Gasteiger partial charge in [-0.1, -0.05) is 18.2 Å². The summed E-state index contributed by atoms with van der Waals surface area (Å²) < 4.78 is 16.8. The van der Waals surface area contributed by atoms with E-state index in [2.05, 4.69) is 5.32 Å². The number of rotatable bonds is 12. The Hall–Kier alpha value is -2.46. The zero-order chi connectivity index (χ0) is 23.8. The first-order valence-electron chi connectivity index (χ1n) is 11.5. The maximum Gasteiger partial charge on any atom is 0.249 e. The normalized spacial score (nSPS) is 23.2. The molecule has 0 bridgehead atoms. The van der Waals surface area contributed by atoms with Crippen LogP contribution in [0.25, 0.3) is 0 Å². The third-order valence-corrected chi connectivity index (χ3v) is 5.88. The Kier molecular flexibility index (Phi) is 9.25. The second kappa shape index (κ2) is 12.1. The van der Waals surface area contributed by atoms with Gasteiger partial charge in [-0.15, -0.1) is 0 Å². The van der Waals surface area contributed by atoms with Crippen molar-refractivity contribution in [1.82, 2.24) is 10.2 Å².